The third-order valence-corrected chi connectivity index (χ3v) is 5.15. The third-order valence-electron chi connectivity index (χ3n) is 5.15. The van der Waals surface area contributed by atoms with Crippen molar-refractivity contribution in [1.29, 1.82) is 0 Å². The number of hydrogen-bond acceptors (Lipinski definition) is 4. The van der Waals surface area contributed by atoms with Crippen LogP contribution in [0.4, 0.5) is 0 Å². The summed E-state index contributed by atoms with van der Waals surface area (Å²) < 4.78 is 38.9. The highest BCUT2D eigenvalue weighted by Gasteiger charge is 2.22. The van der Waals surface area contributed by atoms with Gasteiger partial charge in [0.05, 0.1) is 6.07 Å². The lowest BCUT2D eigenvalue weighted by Crippen LogP contribution is -2.50. The summed E-state index contributed by atoms with van der Waals surface area (Å²) in [5.41, 5.74) is 1.43. The van der Waals surface area contributed by atoms with Crippen molar-refractivity contribution in [3.8, 4) is 5.82 Å². The third kappa shape index (κ3) is 13.2. The van der Waals surface area contributed by atoms with Crippen LogP contribution in [0, 0.1) is 0 Å². The minimum Gasteiger partial charge on any atom is -0.759 e. The van der Waals surface area contributed by atoms with E-state index in [1.54, 1.807) is 0 Å². The predicted molar refractivity (Wildman–Crippen MR) is 120 cm³/mol. The summed E-state index contributed by atoms with van der Waals surface area (Å²) in [6.07, 6.45) is 18.9. The molecule has 0 bridgehead atoms. The molecule has 0 saturated heterocycles. The number of aryl methyl sites for hydroxylation is 2. The summed E-state index contributed by atoms with van der Waals surface area (Å²) in [4.78, 5) is 0. The molecule has 7 heteroatoms. The van der Waals surface area contributed by atoms with Gasteiger partial charge in [0.15, 0.2) is 24.6 Å². The number of nitrogens with zero attached hydrogens (tertiary/aromatic N) is 2. The first-order valence-corrected chi connectivity index (χ1v) is 12.8. The zero-order valence-electron chi connectivity index (χ0n) is 19.0. The summed E-state index contributed by atoms with van der Waals surface area (Å²) >= 11 is 0. The van der Waals surface area contributed by atoms with Crippen LogP contribution < -0.4 is 9.13 Å². The maximum Gasteiger partial charge on any atom is 0.449 e. The number of rotatable bonds is 13. The zero-order valence-corrected chi connectivity index (χ0v) is 19.9. The van der Waals surface area contributed by atoms with Gasteiger partial charge in [-0.25, -0.2) is 0 Å². The molecule has 0 aliphatic carbocycles. The Morgan fingerprint density at radius 2 is 1.29 bits per heavy atom. The molecule has 0 unspecified atom stereocenters. The van der Waals surface area contributed by atoms with E-state index in [0.717, 1.165) is 13.0 Å². The van der Waals surface area contributed by atoms with Gasteiger partial charge in [0.25, 0.3) is 0 Å². The SMILES string of the molecule is CCCCCCCc1cccc[n+]1-c1cccc[n+]1CCCCCCC.O=S(=O)([O-])[O-]. The van der Waals surface area contributed by atoms with Crippen LogP contribution in [-0.2, 0) is 23.4 Å². The number of unbranched alkanes of at least 4 members (excludes halogenated alkanes) is 8. The fraction of sp³-hybridized carbons (Fsp3) is 0.583. The summed E-state index contributed by atoms with van der Waals surface area (Å²) in [5, 5.41) is 0. The van der Waals surface area contributed by atoms with Crippen LogP contribution in [0.5, 0.6) is 0 Å². The summed E-state index contributed by atoms with van der Waals surface area (Å²) in [7, 11) is -5.17. The molecule has 174 valence electrons. The lowest BCUT2D eigenvalue weighted by atomic mass is 10.1. The zero-order chi connectivity index (χ0) is 23.0. The van der Waals surface area contributed by atoms with Gasteiger partial charge in [0.2, 0.25) is 0 Å². The smallest absolute Gasteiger partial charge is 0.449 e. The standard InChI is InChI=1S/C24H38N2.H2O4S/c1-3-5-7-9-11-17-23-18-12-16-22-26(23)24-19-13-15-21-25(24)20-14-10-8-6-4-2;1-5(2,3)4/h12-13,15-16,18-19,21-22H,3-11,14,17,20H2,1-2H3;(H2,1,2,3,4)/q+2;/p-2. The van der Waals surface area contributed by atoms with Crippen molar-refractivity contribution in [2.45, 2.75) is 91.0 Å². The van der Waals surface area contributed by atoms with E-state index >= 15 is 0 Å². The van der Waals surface area contributed by atoms with Crippen molar-refractivity contribution in [2.75, 3.05) is 0 Å². The van der Waals surface area contributed by atoms with Crippen LogP contribution in [0.15, 0.2) is 48.8 Å². The monoisotopic (exact) mass is 450 g/mol. The lowest BCUT2D eigenvalue weighted by Gasteiger charge is -2.06. The molecule has 0 aromatic carbocycles. The van der Waals surface area contributed by atoms with Crippen LogP contribution in [0.25, 0.3) is 5.82 Å². The van der Waals surface area contributed by atoms with Crippen molar-refractivity contribution in [3.63, 3.8) is 0 Å². The Morgan fingerprint density at radius 3 is 1.94 bits per heavy atom. The normalized spacial score (nSPS) is 11.1. The minimum absolute atomic E-state index is 1.11. The molecule has 0 aliphatic rings. The van der Waals surface area contributed by atoms with E-state index in [1.807, 2.05) is 0 Å². The van der Waals surface area contributed by atoms with Gasteiger partial charge in [0, 0.05) is 41.4 Å². The second kappa shape index (κ2) is 15.9. The Morgan fingerprint density at radius 1 is 0.742 bits per heavy atom. The highest BCUT2D eigenvalue weighted by molar-refractivity contribution is 7.79. The molecule has 0 atom stereocenters. The van der Waals surface area contributed by atoms with Gasteiger partial charge in [-0.3, -0.25) is 8.42 Å². The molecule has 6 nitrogen and oxygen atoms in total. The number of aromatic nitrogens is 2. The van der Waals surface area contributed by atoms with Gasteiger partial charge in [-0.05, 0) is 18.9 Å². The van der Waals surface area contributed by atoms with Crippen molar-refractivity contribution < 1.29 is 26.7 Å². The summed E-state index contributed by atoms with van der Waals surface area (Å²) in [5.74, 6) is 1.30. The van der Waals surface area contributed by atoms with Gasteiger partial charge >= 0.3 is 5.82 Å². The molecule has 0 saturated carbocycles. The van der Waals surface area contributed by atoms with Crippen LogP contribution in [-0.4, -0.2) is 17.5 Å². The quantitative estimate of drug-likeness (QED) is 0.196. The molecule has 0 fully saturated rings. The van der Waals surface area contributed by atoms with Gasteiger partial charge in [0.1, 0.15) is 0 Å². The molecular formula is C24H38N2O4S. The highest BCUT2D eigenvalue weighted by atomic mass is 32.3. The molecule has 0 amide bonds. The Balaban J connectivity index is 0.000000861. The molecule has 0 spiro atoms. The summed E-state index contributed by atoms with van der Waals surface area (Å²) in [6.45, 7) is 5.67. The van der Waals surface area contributed by atoms with Crippen LogP contribution in [0.2, 0.25) is 0 Å². The predicted octanol–water partition coefficient (Wildman–Crippen LogP) is 4.40. The van der Waals surface area contributed by atoms with Crippen molar-refractivity contribution in [3.05, 3.63) is 54.5 Å². The van der Waals surface area contributed by atoms with E-state index in [1.165, 1.54) is 75.7 Å². The van der Waals surface area contributed by atoms with E-state index in [4.69, 9.17) is 17.5 Å². The maximum absolute atomic E-state index is 8.52. The minimum atomic E-state index is -5.17. The first-order chi connectivity index (χ1) is 14.9. The van der Waals surface area contributed by atoms with Crippen LogP contribution in [0.1, 0.15) is 83.7 Å². The lowest BCUT2D eigenvalue weighted by molar-refractivity contribution is -0.795. The van der Waals surface area contributed by atoms with Crippen molar-refractivity contribution in [1.82, 2.24) is 0 Å². The van der Waals surface area contributed by atoms with E-state index < -0.39 is 10.4 Å². The molecule has 0 radical (unpaired) electrons. The van der Waals surface area contributed by atoms with Crippen molar-refractivity contribution in [2.24, 2.45) is 0 Å². The van der Waals surface area contributed by atoms with E-state index in [-0.39, 0.29) is 0 Å². The van der Waals surface area contributed by atoms with E-state index in [0.29, 0.717) is 0 Å². The molecule has 31 heavy (non-hydrogen) atoms. The molecule has 0 aliphatic heterocycles. The van der Waals surface area contributed by atoms with Crippen LogP contribution >= 0.6 is 0 Å². The maximum atomic E-state index is 8.52. The van der Waals surface area contributed by atoms with Crippen LogP contribution in [0.3, 0.4) is 0 Å². The second-order valence-corrected chi connectivity index (χ2v) is 8.62. The Kier molecular flexibility index (Phi) is 13.9. The highest BCUT2D eigenvalue weighted by Crippen LogP contribution is 2.08. The first-order valence-electron chi connectivity index (χ1n) is 11.5. The fourth-order valence-corrected chi connectivity index (χ4v) is 3.58. The first kappa shape index (κ1) is 27.2. The fourth-order valence-electron chi connectivity index (χ4n) is 3.58. The largest absolute Gasteiger partial charge is 0.759 e. The van der Waals surface area contributed by atoms with Gasteiger partial charge in [-0.2, -0.15) is 0 Å². The van der Waals surface area contributed by atoms with Gasteiger partial charge in [-0.15, -0.1) is 9.13 Å². The van der Waals surface area contributed by atoms with E-state index in [9.17, 15) is 0 Å². The average molecular weight is 451 g/mol. The molecule has 2 aromatic heterocycles. The molecule has 2 aromatic rings. The second-order valence-electron chi connectivity index (χ2n) is 7.80. The van der Waals surface area contributed by atoms with Crippen molar-refractivity contribution >= 4 is 10.4 Å². The topological polar surface area (TPSA) is 88.0 Å². The Bertz CT molecular complexity index is 777. The van der Waals surface area contributed by atoms with Gasteiger partial charge in [-0.1, -0.05) is 64.9 Å². The van der Waals surface area contributed by atoms with E-state index in [2.05, 4.69) is 71.8 Å². The molecular weight excluding hydrogens is 412 g/mol. The molecule has 0 N–H and O–H groups in total. The Hall–Kier alpha value is -1.83. The number of pyridine rings is 2. The molecule has 2 rings (SSSR count). The summed E-state index contributed by atoms with van der Waals surface area (Å²) in [6, 6.07) is 13.2. The Labute approximate surface area is 188 Å². The molecule has 2 heterocycles. The number of hydrogen-bond donors (Lipinski definition) is 0. The average Bonchev–Trinajstić information content (AvgIpc) is 2.73. The van der Waals surface area contributed by atoms with Gasteiger partial charge < -0.3 is 9.11 Å².